The molecule has 3 rings (SSSR count). The van der Waals surface area contributed by atoms with E-state index in [1.165, 1.54) is 6.07 Å². The van der Waals surface area contributed by atoms with Crippen molar-refractivity contribution in [3.63, 3.8) is 0 Å². The number of benzene rings is 1. The van der Waals surface area contributed by atoms with Gasteiger partial charge in [0.2, 0.25) is 0 Å². The molecule has 21 heavy (non-hydrogen) atoms. The summed E-state index contributed by atoms with van der Waals surface area (Å²) in [4.78, 5) is 6.14. The Kier molecular flexibility index (Phi) is 4.10. The number of halogens is 1. The molecule has 5 heteroatoms. The monoisotopic (exact) mass is 301 g/mol. The Hall–Kier alpha value is -2.01. The molecule has 0 amide bonds. The quantitative estimate of drug-likeness (QED) is 0.874. The summed E-state index contributed by atoms with van der Waals surface area (Å²) >= 11 is 5.47. The standard InChI is InChI=1S/C16H16FN3S/c17-14-3-1-2-4-15(14)19-16(21)20(13-5-6-13)11-12-7-9-18-10-8-12/h1-4,7-10,13H,5-6,11H2,(H,19,21). The van der Waals surface area contributed by atoms with Gasteiger partial charge in [-0.2, -0.15) is 0 Å². The van der Waals surface area contributed by atoms with Gasteiger partial charge in [0.05, 0.1) is 5.69 Å². The molecule has 3 nitrogen and oxygen atoms in total. The SMILES string of the molecule is Fc1ccccc1NC(=S)N(Cc1ccncc1)C1CC1. The number of hydrogen-bond acceptors (Lipinski definition) is 2. The molecule has 0 atom stereocenters. The van der Waals surface area contributed by atoms with Crippen molar-refractivity contribution in [3.05, 3.63) is 60.2 Å². The number of thiocarbonyl (C=S) groups is 1. The summed E-state index contributed by atoms with van der Waals surface area (Å²) in [5.41, 5.74) is 1.57. The van der Waals surface area contributed by atoms with E-state index in [4.69, 9.17) is 12.2 Å². The van der Waals surface area contributed by atoms with E-state index in [-0.39, 0.29) is 5.82 Å². The van der Waals surface area contributed by atoms with Gasteiger partial charge in [0, 0.05) is 25.0 Å². The van der Waals surface area contributed by atoms with Crippen LogP contribution in [0.15, 0.2) is 48.8 Å². The normalized spacial score (nSPS) is 13.8. The molecule has 1 aliphatic rings. The Morgan fingerprint density at radius 2 is 1.95 bits per heavy atom. The minimum atomic E-state index is -0.292. The maximum absolute atomic E-state index is 13.7. The van der Waals surface area contributed by atoms with Crippen LogP contribution in [0.25, 0.3) is 0 Å². The van der Waals surface area contributed by atoms with E-state index < -0.39 is 0 Å². The van der Waals surface area contributed by atoms with Gasteiger partial charge in [0.25, 0.3) is 0 Å². The molecule has 1 heterocycles. The van der Waals surface area contributed by atoms with Crippen molar-refractivity contribution in [1.82, 2.24) is 9.88 Å². The van der Waals surface area contributed by atoms with Gasteiger partial charge in [-0.05, 0) is 54.9 Å². The first-order chi connectivity index (χ1) is 10.2. The Labute approximate surface area is 128 Å². The number of nitrogens with one attached hydrogen (secondary N) is 1. The predicted molar refractivity (Wildman–Crippen MR) is 85.4 cm³/mol. The van der Waals surface area contributed by atoms with Gasteiger partial charge in [-0.3, -0.25) is 4.98 Å². The molecule has 0 unspecified atom stereocenters. The number of pyridine rings is 1. The molecule has 0 spiro atoms. The maximum Gasteiger partial charge on any atom is 0.174 e. The van der Waals surface area contributed by atoms with Crippen LogP contribution in [-0.2, 0) is 6.54 Å². The third-order valence-corrected chi connectivity index (χ3v) is 3.80. The van der Waals surface area contributed by atoms with Crippen molar-refractivity contribution in [2.75, 3.05) is 5.32 Å². The average molecular weight is 301 g/mol. The first kappa shape index (κ1) is 13.9. The molecule has 0 aliphatic heterocycles. The summed E-state index contributed by atoms with van der Waals surface area (Å²) in [6.45, 7) is 0.716. The van der Waals surface area contributed by atoms with E-state index in [0.29, 0.717) is 23.4 Å². The van der Waals surface area contributed by atoms with Gasteiger partial charge in [0.15, 0.2) is 5.11 Å². The first-order valence-corrected chi connectivity index (χ1v) is 7.36. The van der Waals surface area contributed by atoms with Crippen molar-refractivity contribution in [3.8, 4) is 0 Å². The van der Waals surface area contributed by atoms with Crippen LogP contribution in [0.4, 0.5) is 10.1 Å². The van der Waals surface area contributed by atoms with Crippen LogP contribution in [0.1, 0.15) is 18.4 Å². The average Bonchev–Trinajstić information content (AvgIpc) is 3.33. The van der Waals surface area contributed by atoms with Crippen LogP contribution in [0.2, 0.25) is 0 Å². The fraction of sp³-hybridized carbons (Fsp3) is 0.250. The smallest absolute Gasteiger partial charge is 0.174 e. The minimum Gasteiger partial charge on any atom is -0.342 e. The largest absolute Gasteiger partial charge is 0.342 e. The van der Waals surface area contributed by atoms with Gasteiger partial charge in [-0.15, -0.1) is 0 Å². The van der Waals surface area contributed by atoms with Crippen molar-refractivity contribution in [1.29, 1.82) is 0 Å². The lowest BCUT2D eigenvalue weighted by atomic mass is 10.2. The number of para-hydroxylation sites is 1. The maximum atomic E-state index is 13.7. The second-order valence-corrected chi connectivity index (χ2v) is 5.51. The van der Waals surface area contributed by atoms with E-state index in [9.17, 15) is 4.39 Å². The highest BCUT2D eigenvalue weighted by Gasteiger charge is 2.31. The van der Waals surface area contributed by atoms with E-state index >= 15 is 0 Å². The van der Waals surface area contributed by atoms with Gasteiger partial charge < -0.3 is 10.2 Å². The Balaban J connectivity index is 1.72. The van der Waals surface area contributed by atoms with Crippen molar-refractivity contribution in [2.45, 2.75) is 25.4 Å². The lowest BCUT2D eigenvalue weighted by Gasteiger charge is -2.26. The van der Waals surface area contributed by atoms with Crippen molar-refractivity contribution in [2.24, 2.45) is 0 Å². The first-order valence-electron chi connectivity index (χ1n) is 6.95. The number of nitrogens with zero attached hydrogens (tertiary/aromatic N) is 2. The fourth-order valence-electron chi connectivity index (χ4n) is 2.19. The number of hydrogen-bond donors (Lipinski definition) is 1. The molecule has 1 aromatic heterocycles. The van der Waals surface area contributed by atoms with E-state index in [1.54, 1.807) is 30.6 Å². The number of aromatic nitrogens is 1. The van der Waals surface area contributed by atoms with Crippen molar-refractivity contribution >= 4 is 23.0 Å². The summed E-state index contributed by atoms with van der Waals surface area (Å²) in [7, 11) is 0. The van der Waals surface area contributed by atoms with E-state index in [0.717, 1.165) is 18.4 Å². The summed E-state index contributed by atoms with van der Waals surface area (Å²) in [6.07, 6.45) is 5.80. The van der Waals surface area contributed by atoms with Crippen LogP contribution in [0.5, 0.6) is 0 Å². The molecule has 1 fully saturated rings. The van der Waals surface area contributed by atoms with Crippen molar-refractivity contribution < 1.29 is 4.39 Å². The zero-order valence-electron chi connectivity index (χ0n) is 11.5. The summed E-state index contributed by atoms with van der Waals surface area (Å²) in [5.74, 6) is -0.292. The van der Waals surface area contributed by atoms with E-state index in [1.807, 2.05) is 12.1 Å². The molecule has 1 aromatic carbocycles. The summed E-state index contributed by atoms with van der Waals surface area (Å²) in [5, 5.41) is 3.59. The molecule has 1 aliphatic carbocycles. The lowest BCUT2D eigenvalue weighted by Crippen LogP contribution is -2.36. The second-order valence-electron chi connectivity index (χ2n) is 5.12. The lowest BCUT2D eigenvalue weighted by molar-refractivity contribution is 0.409. The summed E-state index contributed by atoms with van der Waals surface area (Å²) < 4.78 is 13.7. The predicted octanol–water partition coefficient (Wildman–Crippen LogP) is 3.58. The summed E-state index contributed by atoms with van der Waals surface area (Å²) in [6, 6.07) is 11.0. The highest BCUT2D eigenvalue weighted by Crippen LogP contribution is 2.29. The Morgan fingerprint density at radius 1 is 1.24 bits per heavy atom. The second kappa shape index (κ2) is 6.18. The van der Waals surface area contributed by atoms with Crippen LogP contribution in [0.3, 0.4) is 0 Å². The van der Waals surface area contributed by atoms with Gasteiger partial charge in [0.1, 0.15) is 5.82 Å². The zero-order chi connectivity index (χ0) is 14.7. The minimum absolute atomic E-state index is 0.292. The number of rotatable bonds is 4. The molecular formula is C16H16FN3S. The molecule has 0 radical (unpaired) electrons. The molecular weight excluding hydrogens is 285 g/mol. The van der Waals surface area contributed by atoms with Crippen LogP contribution in [0, 0.1) is 5.82 Å². The molecule has 108 valence electrons. The Bertz CT molecular complexity index is 628. The van der Waals surface area contributed by atoms with E-state index in [2.05, 4.69) is 15.2 Å². The van der Waals surface area contributed by atoms with Crippen LogP contribution >= 0.6 is 12.2 Å². The molecule has 2 aromatic rings. The molecule has 0 bridgehead atoms. The number of anilines is 1. The third kappa shape index (κ3) is 3.55. The fourth-order valence-corrected chi connectivity index (χ4v) is 2.51. The molecule has 0 saturated heterocycles. The van der Waals surface area contributed by atoms with Gasteiger partial charge in [-0.25, -0.2) is 4.39 Å². The zero-order valence-corrected chi connectivity index (χ0v) is 12.3. The highest BCUT2D eigenvalue weighted by atomic mass is 32.1. The Morgan fingerprint density at radius 3 is 2.62 bits per heavy atom. The van der Waals surface area contributed by atoms with Gasteiger partial charge >= 0.3 is 0 Å². The van der Waals surface area contributed by atoms with Crippen LogP contribution < -0.4 is 5.32 Å². The van der Waals surface area contributed by atoms with Crippen LogP contribution in [-0.4, -0.2) is 21.0 Å². The molecule has 1 saturated carbocycles. The molecule has 1 N–H and O–H groups in total. The van der Waals surface area contributed by atoms with Gasteiger partial charge in [-0.1, -0.05) is 12.1 Å². The topological polar surface area (TPSA) is 28.2 Å². The highest BCUT2D eigenvalue weighted by molar-refractivity contribution is 7.80. The third-order valence-electron chi connectivity index (χ3n) is 3.47.